The number of benzene rings is 1. The molecule has 0 nitrogen and oxygen atoms in total. The maximum absolute atomic E-state index is 6.30. The lowest BCUT2D eigenvalue weighted by Gasteiger charge is -2.36. The van der Waals surface area contributed by atoms with E-state index >= 15 is 0 Å². The van der Waals surface area contributed by atoms with Crippen molar-refractivity contribution in [3.05, 3.63) is 33.4 Å². The maximum Gasteiger partial charge on any atom is 0.0297 e. The summed E-state index contributed by atoms with van der Waals surface area (Å²) >= 11 is 14.9. The van der Waals surface area contributed by atoms with Crippen LogP contribution in [-0.4, -0.2) is 11.8 Å². The first-order valence-electron chi connectivity index (χ1n) is 6.56. The summed E-state index contributed by atoms with van der Waals surface area (Å²) in [6.07, 6.45) is 6.29. The van der Waals surface area contributed by atoms with Gasteiger partial charge >= 0.3 is 0 Å². The van der Waals surface area contributed by atoms with E-state index in [2.05, 4.69) is 46.9 Å². The zero-order valence-corrected chi connectivity index (χ0v) is 14.1. The van der Waals surface area contributed by atoms with Crippen molar-refractivity contribution in [2.75, 3.05) is 11.8 Å². The molecule has 0 amide bonds. The average Bonchev–Trinajstić information content (AvgIpc) is 2.93. The summed E-state index contributed by atoms with van der Waals surface area (Å²) in [5, 5.41) is 0. The lowest BCUT2D eigenvalue weighted by atomic mass is 9.73. The van der Waals surface area contributed by atoms with Crippen molar-refractivity contribution in [2.24, 2.45) is 11.3 Å². The Morgan fingerprint density at radius 2 is 1.61 bits per heavy atom. The molecule has 1 saturated carbocycles. The normalized spacial score (nSPS) is 17.3. The minimum absolute atomic E-state index is 0.0897. The van der Waals surface area contributed by atoms with Gasteiger partial charge in [0, 0.05) is 20.7 Å². The Morgan fingerprint density at radius 1 is 1.06 bits per heavy atom. The highest BCUT2D eigenvalue weighted by Gasteiger charge is 2.38. The molecule has 100 valence electrons. The highest BCUT2D eigenvalue weighted by Crippen LogP contribution is 2.44. The lowest BCUT2D eigenvalue weighted by molar-refractivity contribution is 0.225. The van der Waals surface area contributed by atoms with E-state index in [-0.39, 0.29) is 5.41 Å². The van der Waals surface area contributed by atoms with Gasteiger partial charge in [0.05, 0.1) is 0 Å². The Hall–Kier alpha value is 0.530. The minimum Gasteiger partial charge on any atom is -0.126 e. The summed E-state index contributed by atoms with van der Waals surface area (Å²) in [5.41, 5.74) is 1.45. The van der Waals surface area contributed by atoms with Crippen molar-refractivity contribution in [1.82, 2.24) is 0 Å². The quantitative estimate of drug-likeness (QED) is 0.456. The van der Waals surface area contributed by atoms with Crippen LogP contribution in [0, 0.1) is 14.9 Å². The van der Waals surface area contributed by atoms with Gasteiger partial charge in [-0.1, -0.05) is 25.0 Å². The third-order valence-electron chi connectivity index (χ3n) is 4.22. The van der Waals surface area contributed by atoms with Crippen LogP contribution in [0.3, 0.4) is 0 Å². The molecule has 0 spiro atoms. The fraction of sp³-hybridized carbons (Fsp3) is 0.600. The van der Waals surface area contributed by atoms with Gasteiger partial charge in [-0.2, -0.15) is 0 Å². The summed E-state index contributed by atoms with van der Waals surface area (Å²) in [6, 6.07) is 8.75. The van der Waals surface area contributed by atoms with Crippen LogP contribution < -0.4 is 0 Å². The van der Waals surface area contributed by atoms with Gasteiger partial charge in [0.2, 0.25) is 0 Å². The first-order chi connectivity index (χ1) is 8.70. The third kappa shape index (κ3) is 3.34. The number of halogens is 3. The molecule has 1 aliphatic carbocycles. The zero-order chi connectivity index (χ0) is 13.0. The zero-order valence-electron chi connectivity index (χ0n) is 10.5. The Balaban J connectivity index is 2.16. The highest BCUT2D eigenvalue weighted by atomic mass is 127. The van der Waals surface area contributed by atoms with Gasteiger partial charge in [-0.3, -0.25) is 0 Å². The van der Waals surface area contributed by atoms with E-state index < -0.39 is 0 Å². The van der Waals surface area contributed by atoms with E-state index in [9.17, 15) is 0 Å². The number of hydrogen-bond acceptors (Lipinski definition) is 0. The van der Waals surface area contributed by atoms with Crippen molar-refractivity contribution in [3.63, 3.8) is 0 Å². The molecule has 0 heterocycles. The molecule has 0 saturated heterocycles. The smallest absolute Gasteiger partial charge is 0.0297 e. The molecule has 0 aliphatic heterocycles. The van der Waals surface area contributed by atoms with Crippen molar-refractivity contribution < 1.29 is 0 Å². The molecule has 0 atom stereocenters. The third-order valence-corrected chi connectivity index (χ3v) is 6.01. The van der Waals surface area contributed by atoms with E-state index in [0.717, 1.165) is 6.42 Å². The molecule has 0 radical (unpaired) electrons. The molecule has 1 fully saturated rings. The summed E-state index contributed by atoms with van der Waals surface area (Å²) < 4.78 is 1.28. The maximum atomic E-state index is 6.30. The van der Waals surface area contributed by atoms with E-state index in [1.165, 1.54) is 34.8 Å². The van der Waals surface area contributed by atoms with Crippen LogP contribution >= 0.6 is 45.8 Å². The van der Waals surface area contributed by atoms with Crippen LogP contribution in [0.5, 0.6) is 0 Å². The largest absolute Gasteiger partial charge is 0.126 e. The molecule has 1 aromatic carbocycles. The number of rotatable bonds is 5. The Kier molecular flexibility index (Phi) is 5.64. The van der Waals surface area contributed by atoms with Crippen molar-refractivity contribution in [2.45, 2.75) is 32.1 Å². The van der Waals surface area contributed by atoms with Crippen LogP contribution in [-0.2, 0) is 6.42 Å². The van der Waals surface area contributed by atoms with Crippen LogP contribution in [0.1, 0.15) is 31.2 Å². The Morgan fingerprint density at radius 3 is 2.11 bits per heavy atom. The van der Waals surface area contributed by atoms with Crippen LogP contribution in [0.15, 0.2) is 24.3 Å². The first-order valence-corrected chi connectivity index (χ1v) is 8.71. The fourth-order valence-corrected chi connectivity index (χ4v) is 4.31. The molecule has 18 heavy (non-hydrogen) atoms. The van der Waals surface area contributed by atoms with E-state index in [0.29, 0.717) is 17.7 Å². The summed E-state index contributed by atoms with van der Waals surface area (Å²) in [4.78, 5) is 0. The Bertz CT molecular complexity index is 365. The molecule has 0 bridgehead atoms. The second-order valence-electron chi connectivity index (χ2n) is 5.41. The van der Waals surface area contributed by atoms with Gasteiger partial charge in [-0.15, -0.1) is 23.2 Å². The predicted molar refractivity (Wildman–Crippen MR) is 88.7 cm³/mol. The standard InChI is InChI=1S/C15H19Cl2I/c16-10-15(11-17,13-3-1-2-4-13)9-12-5-7-14(18)8-6-12/h5-8,13H,1-4,9-11H2. The van der Waals surface area contributed by atoms with Crippen molar-refractivity contribution in [3.8, 4) is 0 Å². The van der Waals surface area contributed by atoms with E-state index in [1.54, 1.807) is 0 Å². The van der Waals surface area contributed by atoms with Crippen LogP contribution in [0.25, 0.3) is 0 Å². The summed E-state index contributed by atoms with van der Waals surface area (Å²) in [7, 11) is 0. The number of hydrogen-bond donors (Lipinski definition) is 0. The molecular formula is C15H19Cl2I. The molecule has 1 aromatic rings. The van der Waals surface area contributed by atoms with Gasteiger partial charge in [-0.05, 0) is 65.5 Å². The van der Waals surface area contributed by atoms with Gasteiger partial charge in [-0.25, -0.2) is 0 Å². The second-order valence-corrected chi connectivity index (χ2v) is 7.19. The first kappa shape index (κ1) is 14.9. The summed E-state index contributed by atoms with van der Waals surface area (Å²) in [5.74, 6) is 2.05. The van der Waals surface area contributed by atoms with E-state index in [4.69, 9.17) is 23.2 Å². The van der Waals surface area contributed by atoms with Crippen molar-refractivity contribution in [1.29, 1.82) is 0 Å². The molecular weight excluding hydrogens is 378 g/mol. The molecule has 1 aliphatic rings. The molecule has 2 rings (SSSR count). The fourth-order valence-electron chi connectivity index (χ4n) is 3.04. The number of alkyl halides is 2. The Labute approximate surface area is 134 Å². The van der Waals surface area contributed by atoms with Gasteiger partial charge in [0.15, 0.2) is 0 Å². The van der Waals surface area contributed by atoms with Crippen molar-refractivity contribution >= 4 is 45.8 Å². The van der Waals surface area contributed by atoms with Gasteiger partial charge in [0.1, 0.15) is 0 Å². The monoisotopic (exact) mass is 396 g/mol. The van der Waals surface area contributed by atoms with Gasteiger partial charge < -0.3 is 0 Å². The SMILES string of the molecule is ClCC(CCl)(Cc1ccc(I)cc1)C1CCCC1. The topological polar surface area (TPSA) is 0 Å². The van der Waals surface area contributed by atoms with Crippen LogP contribution in [0.4, 0.5) is 0 Å². The highest BCUT2D eigenvalue weighted by molar-refractivity contribution is 14.1. The van der Waals surface area contributed by atoms with E-state index in [1.807, 2.05) is 0 Å². The second kappa shape index (κ2) is 6.81. The summed E-state index contributed by atoms with van der Waals surface area (Å²) in [6.45, 7) is 0. The minimum atomic E-state index is 0.0897. The molecule has 3 heteroatoms. The molecule has 0 aromatic heterocycles. The average molecular weight is 397 g/mol. The lowest BCUT2D eigenvalue weighted by Crippen LogP contribution is -2.35. The van der Waals surface area contributed by atoms with Gasteiger partial charge in [0.25, 0.3) is 0 Å². The molecule has 0 unspecified atom stereocenters. The van der Waals surface area contributed by atoms with Crippen LogP contribution in [0.2, 0.25) is 0 Å². The predicted octanol–water partition coefficient (Wildman–Crippen LogP) is 5.49. The molecule has 0 N–H and O–H groups in total.